The molecule has 1 aromatic heterocycles. The fourth-order valence-electron chi connectivity index (χ4n) is 4.85. The van der Waals surface area contributed by atoms with Gasteiger partial charge < -0.3 is 9.80 Å². The lowest BCUT2D eigenvalue weighted by Gasteiger charge is -2.30. The monoisotopic (exact) mass is 486 g/mol. The van der Waals surface area contributed by atoms with Crippen LogP contribution in [0.2, 0.25) is 0 Å². The Morgan fingerprint density at radius 2 is 1.53 bits per heavy atom. The molecule has 4 rings (SSSR count). The average molecular weight is 487 g/mol. The highest BCUT2D eigenvalue weighted by molar-refractivity contribution is 5.98. The lowest BCUT2D eigenvalue weighted by molar-refractivity contribution is -0.119. The highest BCUT2D eigenvalue weighted by Crippen LogP contribution is 2.26. The topological polar surface area (TPSA) is 66.4 Å². The number of fused-ring (bicyclic) bond motifs is 2. The molecule has 1 aliphatic rings. The third kappa shape index (κ3) is 6.10. The Hall–Kier alpha value is -3.28. The first-order valence-electron chi connectivity index (χ1n) is 13.3. The fourth-order valence-corrected chi connectivity index (χ4v) is 4.85. The quantitative estimate of drug-likeness (QED) is 0.440. The Bertz CT molecular complexity index is 1240. The van der Waals surface area contributed by atoms with Crippen molar-refractivity contribution in [3.05, 3.63) is 65.0 Å². The lowest BCUT2D eigenvalue weighted by Crippen LogP contribution is -2.36. The van der Waals surface area contributed by atoms with E-state index in [2.05, 4.69) is 29.9 Å². The second-order valence-electron chi connectivity index (χ2n) is 10.4. The van der Waals surface area contributed by atoms with Gasteiger partial charge in [0.05, 0.1) is 22.4 Å². The van der Waals surface area contributed by atoms with Gasteiger partial charge in [-0.05, 0) is 62.4 Å². The number of amides is 2. The van der Waals surface area contributed by atoms with Crippen molar-refractivity contribution < 1.29 is 9.59 Å². The molecule has 0 atom stereocenters. The van der Waals surface area contributed by atoms with E-state index in [-0.39, 0.29) is 11.8 Å². The molecule has 0 saturated carbocycles. The lowest BCUT2D eigenvalue weighted by atomic mass is 10.0. The van der Waals surface area contributed by atoms with Crippen LogP contribution in [0.5, 0.6) is 0 Å². The first-order valence-corrected chi connectivity index (χ1v) is 13.3. The second-order valence-corrected chi connectivity index (χ2v) is 10.4. The molecule has 0 saturated heterocycles. The maximum absolute atomic E-state index is 13.8. The van der Waals surface area contributed by atoms with Crippen LogP contribution in [0, 0.1) is 19.8 Å². The molecule has 2 amide bonds. The smallest absolute Gasteiger partial charge is 0.254 e. The zero-order valence-corrected chi connectivity index (χ0v) is 22.1. The molecule has 190 valence electrons. The van der Waals surface area contributed by atoms with E-state index in [1.165, 1.54) is 0 Å². The molecule has 0 unspecified atom stereocenters. The van der Waals surface area contributed by atoms with E-state index in [4.69, 9.17) is 0 Å². The molecule has 1 aliphatic heterocycles. The highest BCUT2D eigenvalue weighted by Gasteiger charge is 2.23. The number of nitrogens with zero attached hydrogens (tertiary/aromatic N) is 4. The number of rotatable bonds is 3. The zero-order chi connectivity index (χ0) is 25.7. The summed E-state index contributed by atoms with van der Waals surface area (Å²) < 4.78 is 0. The Balaban J connectivity index is 1.67. The number of carbonyl (C=O) groups excluding carboxylic acids is 2. The summed E-state index contributed by atoms with van der Waals surface area (Å²) in [5, 5.41) is 0. The molecule has 0 aliphatic carbocycles. The number of aromatic nitrogens is 2. The molecule has 0 fully saturated rings. The van der Waals surface area contributed by atoms with Gasteiger partial charge in [-0.3, -0.25) is 9.59 Å². The molecule has 6 nitrogen and oxygen atoms in total. The summed E-state index contributed by atoms with van der Waals surface area (Å²) in [4.78, 5) is 40.2. The number of benzene rings is 2. The van der Waals surface area contributed by atoms with Crippen molar-refractivity contribution in [3.63, 3.8) is 0 Å². The van der Waals surface area contributed by atoms with Crippen LogP contribution < -0.4 is 4.90 Å². The average Bonchev–Trinajstić information content (AvgIpc) is 2.84. The van der Waals surface area contributed by atoms with Gasteiger partial charge in [-0.25, -0.2) is 9.97 Å². The van der Waals surface area contributed by atoms with Gasteiger partial charge in [-0.1, -0.05) is 51.3 Å². The third-order valence-electron chi connectivity index (χ3n) is 6.95. The number of aryl methyl sites for hydroxylation is 2. The third-order valence-corrected chi connectivity index (χ3v) is 6.95. The predicted octanol–water partition coefficient (Wildman–Crippen LogP) is 6.23. The van der Waals surface area contributed by atoms with E-state index in [1.54, 1.807) is 0 Å². The van der Waals surface area contributed by atoms with Gasteiger partial charge in [0, 0.05) is 37.3 Å². The summed E-state index contributed by atoms with van der Waals surface area (Å²) in [6.07, 6.45) is 5.76. The van der Waals surface area contributed by atoms with Crippen molar-refractivity contribution in [2.75, 3.05) is 18.0 Å². The maximum atomic E-state index is 13.8. The van der Waals surface area contributed by atoms with Gasteiger partial charge in [0.25, 0.3) is 5.91 Å². The predicted molar refractivity (Wildman–Crippen MR) is 145 cm³/mol. The number of hydrogen-bond acceptors (Lipinski definition) is 4. The van der Waals surface area contributed by atoms with Crippen molar-refractivity contribution in [3.8, 4) is 0 Å². The standard InChI is InChI=1S/C30H38N4O2/c1-21(2)18-29(35)34-17-11-7-5-6-10-16-33(20-25-12-8-9-13-28(25)34)30(36)24-14-15-26-27(19-24)32-23(4)22(3)31-26/h8-9,12-15,19,21H,5-7,10-11,16-18,20H2,1-4H3. The number of anilines is 1. The molecule has 3 aromatic rings. The first-order chi connectivity index (χ1) is 17.3. The summed E-state index contributed by atoms with van der Waals surface area (Å²) in [6, 6.07) is 13.7. The van der Waals surface area contributed by atoms with Crippen molar-refractivity contribution in [1.82, 2.24) is 14.9 Å². The van der Waals surface area contributed by atoms with E-state index in [1.807, 2.05) is 60.0 Å². The van der Waals surface area contributed by atoms with Gasteiger partial charge in [0.2, 0.25) is 5.91 Å². The van der Waals surface area contributed by atoms with Crippen molar-refractivity contribution >= 4 is 28.5 Å². The van der Waals surface area contributed by atoms with Crippen LogP contribution in [0.25, 0.3) is 11.0 Å². The van der Waals surface area contributed by atoms with Gasteiger partial charge in [-0.15, -0.1) is 0 Å². The zero-order valence-electron chi connectivity index (χ0n) is 22.1. The Labute approximate surface area is 214 Å². The molecule has 2 aromatic carbocycles. The maximum Gasteiger partial charge on any atom is 0.254 e. The van der Waals surface area contributed by atoms with Crippen molar-refractivity contribution in [2.24, 2.45) is 5.92 Å². The van der Waals surface area contributed by atoms with Gasteiger partial charge in [0.15, 0.2) is 0 Å². The molecular weight excluding hydrogens is 448 g/mol. The number of para-hydroxylation sites is 1. The van der Waals surface area contributed by atoms with E-state index in [9.17, 15) is 9.59 Å². The summed E-state index contributed by atoms with van der Waals surface area (Å²) >= 11 is 0. The van der Waals surface area contributed by atoms with Crippen LogP contribution in [0.4, 0.5) is 5.69 Å². The van der Waals surface area contributed by atoms with Crippen LogP contribution in [-0.2, 0) is 11.3 Å². The van der Waals surface area contributed by atoms with Gasteiger partial charge in [0.1, 0.15) is 0 Å². The summed E-state index contributed by atoms with van der Waals surface area (Å²) in [5.41, 5.74) is 5.87. The molecular formula is C30H38N4O2. The number of carbonyl (C=O) groups is 2. The Morgan fingerprint density at radius 1 is 0.861 bits per heavy atom. The molecule has 0 N–H and O–H groups in total. The number of hydrogen-bond donors (Lipinski definition) is 0. The normalized spacial score (nSPS) is 15.4. The van der Waals surface area contributed by atoms with Gasteiger partial charge >= 0.3 is 0 Å². The minimum Gasteiger partial charge on any atom is -0.334 e. The Kier molecular flexibility index (Phi) is 8.34. The molecule has 2 heterocycles. The summed E-state index contributed by atoms with van der Waals surface area (Å²) in [5.74, 6) is 0.447. The molecule has 6 heteroatoms. The van der Waals surface area contributed by atoms with E-state index in [0.717, 1.165) is 72.3 Å². The van der Waals surface area contributed by atoms with Gasteiger partial charge in [-0.2, -0.15) is 0 Å². The summed E-state index contributed by atoms with van der Waals surface area (Å²) in [7, 11) is 0. The Morgan fingerprint density at radius 3 is 2.28 bits per heavy atom. The van der Waals surface area contributed by atoms with Crippen LogP contribution in [0.3, 0.4) is 0 Å². The molecule has 0 radical (unpaired) electrons. The molecule has 36 heavy (non-hydrogen) atoms. The largest absolute Gasteiger partial charge is 0.334 e. The SMILES string of the molecule is Cc1nc2ccc(C(=O)N3CCCCCCCN(C(=O)CC(C)C)c4ccccc4C3)cc2nc1C. The minimum absolute atomic E-state index is 0.0103. The van der Waals surface area contributed by atoms with E-state index >= 15 is 0 Å². The highest BCUT2D eigenvalue weighted by atomic mass is 16.2. The fraction of sp³-hybridized carbons (Fsp3) is 0.467. The van der Waals surface area contributed by atoms with E-state index < -0.39 is 0 Å². The van der Waals surface area contributed by atoms with Crippen LogP contribution in [-0.4, -0.2) is 39.8 Å². The minimum atomic E-state index is -0.0103. The second kappa shape index (κ2) is 11.6. The molecule has 0 spiro atoms. The van der Waals surface area contributed by atoms with Crippen LogP contribution in [0.1, 0.15) is 79.7 Å². The van der Waals surface area contributed by atoms with Crippen LogP contribution >= 0.6 is 0 Å². The van der Waals surface area contributed by atoms with E-state index in [0.29, 0.717) is 31.0 Å². The van der Waals surface area contributed by atoms with Crippen molar-refractivity contribution in [1.29, 1.82) is 0 Å². The van der Waals surface area contributed by atoms with Crippen LogP contribution in [0.15, 0.2) is 42.5 Å². The van der Waals surface area contributed by atoms with Crippen molar-refractivity contribution in [2.45, 2.75) is 72.8 Å². The summed E-state index contributed by atoms with van der Waals surface area (Å²) in [6.45, 7) is 9.92. The first kappa shape index (κ1) is 25.8. The molecule has 0 bridgehead atoms.